The highest BCUT2D eigenvalue weighted by molar-refractivity contribution is 5.47. The van der Waals surface area contributed by atoms with E-state index in [0.717, 1.165) is 25.5 Å². The van der Waals surface area contributed by atoms with Crippen molar-refractivity contribution in [3.8, 4) is 0 Å². The molecule has 4 heteroatoms. The van der Waals surface area contributed by atoms with Gasteiger partial charge >= 0.3 is 0 Å². The maximum absolute atomic E-state index is 5.94. The van der Waals surface area contributed by atoms with Crippen LogP contribution in [0, 0.1) is 0 Å². The predicted octanol–water partition coefficient (Wildman–Crippen LogP) is 1.80. The molecule has 1 aromatic heterocycles. The van der Waals surface area contributed by atoms with Crippen LogP contribution in [0.25, 0.3) is 0 Å². The molecule has 0 aromatic carbocycles. The third kappa shape index (κ3) is 3.00. The molecule has 2 rings (SSSR count). The Hall–Kier alpha value is -1.13. The molecule has 0 saturated carbocycles. The third-order valence-corrected chi connectivity index (χ3v) is 3.10. The summed E-state index contributed by atoms with van der Waals surface area (Å²) in [5.41, 5.74) is 1.12. The molecule has 1 aliphatic heterocycles. The van der Waals surface area contributed by atoms with E-state index < -0.39 is 0 Å². The summed E-state index contributed by atoms with van der Waals surface area (Å²) in [7, 11) is 1.96. The highest BCUT2D eigenvalue weighted by Gasteiger charge is 2.32. The van der Waals surface area contributed by atoms with Crippen LogP contribution in [0.1, 0.15) is 26.3 Å². The average Bonchev–Trinajstić information content (AvgIpc) is 2.27. The molecule has 1 N–H and O–H groups in total. The van der Waals surface area contributed by atoms with Crippen molar-refractivity contribution in [1.82, 2.24) is 10.3 Å². The molecule has 0 aliphatic carbocycles. The standard InChI is InChI=1S/C14H23N3O/c1-11-9-17(10-14(2,3)18-11)13-12(8-15-4)6-5-7-16-13/h5-7,11,15H,8-10H2,1-4H3. The molecule has 1 saturated heterocycles. The minimum Gasteiger partial charge on any atom is -0.369 e. The van der Waals surface area contributed by atoms with Gasteiger partial charge in [-0.05, 0) is 33.9 Å². The maximum atomic E-state index is 5.94. The summed E-state index contributed by atoms with van der Waals surface area (Å²) in [5.74, 6) is 1.08. The smallest absolute Gasteiger partial charge is 0.133 e. The average molecular weight is 249 g/mol. The highest BCUT2D eigenvalue weighted by Crippen LogP contribution is 2.26. The van der Waals surface area contributed by atoms with Crippen molar-refractivity contribution in [2.45, 2.75) is 39.0 Å². The van der Waals surface area contributed by atoms with Crippen LogP contribution in [0.15, 0.2) is 18.3 Å². The van der Waals surface area contributed by atoms with E-state index in [1.54, 1.807) is 0 Å². The zero-order valence-electron chi connectivity index (χ0n) is 11.7. The molecule has 0 bridgehead atoms. The summed E-state index contributed by atoms with van der Waals surface area (Å²) in [4.78, 5) is 6.89. The van der Waals surface area contributed by atoms with Crippen LogP contribution in [0.2, 0.25) is 0 Å². The van der Waals surface area contributed by atoms with Crippen molar-refractivity contribution in [1.29, 1.82) is 0 Å². The quantitative estimate of drug-likeness (QED) is 0.886. The highest BCUT2D eigenvalue weighted by atomic mass is 16.5. The van der Waals surface area contributed by atoms with E-state index in [0.29, 0.717) is 0 Å². The Bertz CT molecular complexity index is 406. The topological polar surface area (TPSA) is 37.4 Å². The summed E-state index contributed by atoms with van der Waals surface area (Å²) >= 11 is 0. The molecule has 1 fully saturated rings. The van der Waals surface area contributed by atoms with E-state index in [-0.39, 0.29) is 11.7 Å². The second-order valence-electron chi connectivity index (χ2n) is 5.59. The van der Waals surface area contributed by atoms with E-state index in [9.17, 15) is 0 Å². The van der Waals surface area contributed by atoms with Crippen LogP contribution in [0.4, 0.5) is 5.82 Å². The van der Waals surface area contributed by atoms with Crippen molar-refractivity contribution >= 4 is 5.82 Å². The molecule has 2 heterocycles. The second kappa shape index (κ2) is 5.24. The Balaban J connectivity index is 2.25. The van der Waals surface area contributed by atoms with Crippen LogP contribution in [0.5, 0.6) is 0 Å². The van der Waals surface area contributed by atoms with E-state index in [1.807, 2.05) is 19.3 Å². The molecule has 1 aliphatic rings. The Morgan fingerprint density at radius 2 is 2.33 bits per heavy atom. The van der Waals surface area contributed by atoms with Gasteiger partial charge in [0.1, 0.15) is 5.82 Å². The number of rotatable bonds is 3. The Labute approximate surface area is 109 Å². The van der Waals surface area contributed by atoms with Gasteiger partial charge < -0.3 is 15.0 Å². The first-order valence-electron chi connectivity index (χ1n) is 6.53. The second-order valence-corrected chi connectivity index (χ2v) is 5.59. The number of hydrogen-bond acceptors (Lipinski definition) is 4. The van der Waals surface area contributed by atoms with Gasteiger partial charge in [-0.1, -0.05) is 6.07 Å². The molecular weight excluding hydrogens is 226 g/mol. The maximum Gasteiger partial charge on any atom is 0.133 e. The normalized spacial score (nSPS) is 23.1. The Morgan fingerprint density at radius 3 is 3.00 bits per heavy atom. The number of nitrogens with one attached hydrogen (secondary N) is 1. The third-order valence-electron chi connectivity index (χ3n) is 3.10. The summed E-state index contributed by atoms with van der Waals surface area (Å²) in [6, 6.07) is 4.12. The lowest BCUT2D eigenvalue weighted by molar-refractivity contribution is -0.0752. The van der Waals surface area contributed by atoms with E-state index >= 15 is 0 Å². The van der Waals surface area contributed by atoms with Crippen molar-refractivity contribution in [2.24, 2.45) is 0 Å². The van der Waals surface area contributed by atoms with Crippen LogP contribution in [-0.4, -0.2) is 36.8 Å². The zero-order chi connectivity index (χ0) is 13.2. The molecule has 1 atom stereocenters. The molecule has 1 aromatic rings. The van der Waals surface area contributed by atoms with Gasteiger partial charge in [0.05, 0.1) is 11.7 Å². The van der Waals surface area contributed by atoms with Gasteiger partial charge in [0.25, 0.3) is 0 Å². The fraction of sp³-hybridized carbons (Fsp3) is 0.643. The lowest BCUT2D eigenvalue weighted by Gasteiger charge is -2.42. The molecule has 4 nitrogen and oxygen atoms in total. The summed E-state index contributed by atoms with van der Waals surface area (Å²) in [6.45, 7) is 9.01. The number of hydrogen-bond donors (Lipinski definition) is 1. The van der Waals surface area contributed by atoms with E-state index in [1.165, 1.54) is 5.56 Å². The van der Waals surface area contributed by atoms with Crippen molar-refractivity contribution in [3.05, 3.63) is 23.9 Å². The van der Waals surface area contributed by atoms with Gasteiger partial charge in [0.15, 0.2) is 0 Å². The summed E-state index contributed by atoms with van der Waals surface area (Å²) in [5, 5.41) is 3.20. The van der Waals surface area contributed by atoms with Gasteiger partial charge in [-0.3, -0.25) is 0 Å². The van der Waals surface area contributed by atoms with Crippen molar-refractivity contribution < 1.29 is 4.74 Å². The largest absolute Gasteiger partial charge is 0.369 e. The lowest BCUT2D eigenvalue weighted by atomic mass is 10.0. The predicted molar refractivity (Wildman–Crippen MR) is 73.8 cm³/mol. The van der Waals surface area contributed by atoms with Crippen molar-refractivity contribution in [2.75, 3.05) is 25.0 Å². The molecule has 18 heavy (non-hydrogen) atoms. The van der Waals surface area contributed by atoms with Crippen LogP contribution in [-0.2, 0) is 11.3 Å². The Kier molecular flexibility index (Phi) is 3.88. The van der Waals surface area contributed by atoms with Gasteiger partial charge in [-0.25, -0.2) is 4.98 Å². The number of pyridine rings is 1. The van der Waals surface area contributed by atoms with E-state index in [2.05, 4.69) is 42.0 Å². The number of morpholine rings is 1. The molecular formula is C14H23N3O. The molecule has 0 radical (unpaired) electrons. The van der Waals surface area contributed by atoms with E-state index in [4.69, 9.17) is 4.74 Å². The fourth-order valence-corrected chi connectivity index (χ4v) is 2.66. The minimum absolute atomic E-state index is 0.119. The minimum atomic E-state index is -0.119. The molecule has 0 spiro atoms. The summed E-state index contributed by atoms with van der Waals surface area (Å²) in [6.07, 6.45) is 2.10. The molecule has 1 unspecified atom stereocenters. The SMILES string of the molecule is CNCc1cccnc1N1CC(C)OC(C)(C)C1. The Morgan fingerprint density at radius 1 is 1.56 bits per heavy atom. The first kappa shape index (κ1) is 13.3. The lowest BCUT2D eigenvalue weighted by Crippen LogP contribution is -2.52. The van der Waals surface area contributed by atoms with Crippen LogP contribution in [0.3, 0.4) is 0 Å². The number of nitrogens with zero attached hydrogens (tertiary/aromatic N) is 2. The summed E-state index contributed by atoms with van der Waals surface area (Å²) < 4.78 is 5.94. The van der Waals surface area contributed by atoms with Gasteiger partial charge in [-0.2, -0.15) is 0 Å². The molecule has 0 amide bonds. The van der Waals surface area contributed by atoms with Gasteiger partial charge in [0.2, 0.25) is 0 Å². The monoisotopic (exact) mass is 249 g/mol. The van der Waals surface area contributed by atoms with Gasteiger partial charge in [0, 0.05) is 31.4 Å². The first-order chi connectivity index (χ1) is 8.52. The number of ether oxygens (including phenoxy) is 1. The zero-order valence-corrected chi connectivity index (χ0v) is 11.7. The van der Waals surface area contributed by atoms with Gasteiger partial charge in [-0.15, -0.1) is 0 Å². The number of aromatic nitrogens is 1. The first-order valence-corrected chi connectivity index (χ1v) is 6.53. The number of anilines is 1. The van der Waals surface area contributed by atoms with Crippen LogP contribution >= 0.6 is 0 Å². The molecule has 100 valence electrons. The fourth-order valence-electron chi connectivity index (χ4n) is 2.66. The van der Waals surface area contributed by atoms with Crippen LogP contribution < -0.4 is 10.2 Å². The van der Waals surface area contributed by atoms with Crippen molar-refractivity contribution in [3.63, 3.8) is 0 Å².